The van der Waals surface area contributed by atoms with Gasteiger partial charge in [-0.05, 0) is 36.2 Å². The van der Waals surface area contributed by atoms with E-state index in [0.717, 1.165) is 11.1 Å². The van der Waals surface area contributed by atoms with Crippen LogP contribution in [0.3, 0.4) is 0 Å². The minimum Gasteiger partial charge on any atom is -0.267 e. The Hall–Kier alpha value is -1.84. The Morgan fingerprint density at radius 1 is 1.20 bits per heavy atom. The van der Waals surface area contributed by atoms with Gasteiger partial charge in [-0.15, -0.1) is 0 Å². The molecule has 1 amide bonds. The van der Waals surface area contributed by atoms with Gasteiger partial charge in [0.05, 0.1) is 16.8 Å². The number of hydrogen-bond donors (Lipinski definition) is 1. The molecule has 5 heteroatoms. The lowest BCUT2D eigenvalue weighted by atomic mass is 10.1. The van der Waals surface area contributed by atoms with Gasteiger partial charge in [0.15, 0.2) is 0 Å². The fourth-order valence-corrected chi connectivity index (χ4v) is 2.12. The summed E-state index contributed by atoms with van der Waals surface area (Å²) in [6.07, 6.45) is 1.59. The number of halogens is 2. The third-order valence-electron chi connectivity index (χ3n) is 2.73. The van der Waals surface area contributed by atoms with Crippen LogP contribution in [0.25, 0.3) is 0 Å². The molecule has 0 saturated carbocycles. The van der Waals surface area contributed by atoms with E-state index >= 15 is 0 Å². The molecular weight excluding hydrogens is 295 g/mol. The van der Waals surface area contributed by atoms with Gasteiger partial charge >= 0.3 is 0 Å². The summed E-state index contributed by atoms with van der Waals surface area (Å²) in [4.78, 5) is 11.9. The number of carbonyl (C=O) groups excluding carboxylic acids is 1. The van der Waals surface area contributed by atoms with Gasteiger partial charge in [-0.2, -0.15) is 5.10 Å². The molecule has 0 aliphatic carbocycles. The van der Waals surface area contributed by atoms with E-state index in [-0.39, 0.29) is 5.91 Å². The first-order valence-electron chi connectivity index (χ1n) is 5.92. The Bertz CT molecular complexity index is 669. The second kappa shape index (κ2) is 6.55. The van der Waals surface area contributed by atoms with Crippen LogP contribution < -0.4 is 5.43 Å². The highest BCUT2D eigenvalue weighted by Crippen LogP contribution is 2.20. The molecule has 0 heterocycles. The molecule has 0 saturated heterocycles. The van der Waals surface area contributed by atoms with Gasteiger partial charge in [-0.1, -0.05) is 47.5 Å². The number of carbonyl (C=O) groups is 1. The maximum Gasteiger partial charge on any atom is 0.272 e. The van der Waals surface area contributed by atoms with Gasteiger partial charge in [0.1, 0.15) is 0 Å². The molecule has 0 radical (unpaired) electrons. The zero-order chi connectivity index (χ0) is 14.5. The second-order valence-corrected chi connectivity index (χ2v) is 5.02. The van der Waals surface area contributed by atoms with Crippen LogP contribution in [-0.4, -0.2) is 12.1 Å². The van der Waals surface area contributed by atoms with Gasteiger partial charge in [-0.3, -0.25) is 4.79 Å². The number of nitrogens with zero attached hydrogens (tertiary/aromatic N) is 1. The van der Waals surface area contributed by atoms with Gasteiger partial charge in [-0.25, -0.2) is 5.43 Å². The third kappa shape index (κ3) is 3.59. The van der Waals surface area contributed by atoms with Crippen LogP contribution in [0.5, 0.6) is 0 Å². The lowest BCUT2D eigenvalue weighted by Gasteiger charge is -2.03. The SMILES string of the molecule is Cc1ccccc1C=NNC(=O)c1ccc(Cl)cc1Cl. The Labute approximate surface area is 127 Å². The van der Waals surface area contributed by atoms with Gasteiger partial charge in [0, 0.05) is 5.02 Å². The third-order valence-corrected chi connectivity index (χ3v) is 3.28. The number of aryl methyl sites for hydroxylation is 1. The van der Waals surface area contributed by atoms with Crippen LogP contribution in [0.15, 0.2) is 47.6 Å². The molecule has 3 nitrogen and oxygen atoms in total. The van der Waals surface area contributed by atoms with Crippen molar-refractivity contribution in [3.8, 4) is 0 Å². The van der Waals surface area contributed by atoms with Crippen molar-refractivity contribution in [2.75, 3.05) is 0 Å². The first-order valence-corrected chi connectivity index (χ1v) is 6.67. The second-order valence-electron chi connectivity index (χ2n) is 4.18. The first-order chi connectivity index (χ1) is 9.58. The number of rotatable bonds is 3. The fourth-order valence-electron chi connectivity index (χ4n) is 1.63. The largest absolute Gasteiger partial charge is 0.272 e. The molecule has 102 valence electrons. The Kier molecular flexibility index (Phi) is 4.77. The Morgan fingerprint density at radius 2 is 1.95 bits per heavy atom. The predicted molar refractivity (Wildman–Crippen MR) is 82.7 cm³/mol. The van der Waals surface area contributed by atoms with Crippen molar-refractivity contribution >= 4 is 35.3 Å². The molecule has 0 bridgehead atoms. The highest BCUT2D eigenvalue weighted by atomic mass is 35.5. The normalized spacial score (nSPS) is 10.8. The summed E-state index contributed by atoms with van der Waals surface area (Å²) in [5, 5.41) is 4.70. The van der Waals surface area contributed by atoms with Crippen molar-refractivity contribution in [2.45, 2.75) is 6.92 Å². The summed E-state index contributed by atoms with van der Waals surface area (Å²) < 4.78 is 0. The molecule has 0 unspecified atom stereocenters. The summed E-state index contributed by atoms with van der Waals surface area (Å²) in [7, 11) is 0. The molecule has 0 aliphatic heterocycles. The zero-order valence-corrected chi connectivity index (χ0v) is 12.2. The van der Waals surface area contributed by atoms with E-state index in [2.05, 4.69) is 10.5 Å². The monoisotopic (exact) mass is 306 g/mol. The topological polar surface area (TPSA) is 41.5 Å². The first kappa shape index (κ1) is 14.6. The number of nitrogens with one attached hydrogen (secondary N) is 1. The number of hydrazone groups is 1. The van der Waals surface area contributed by atoms with Crippen molar-refractivity contribution in [1.82, 2.24) is 5.43 Å². The average Bonchev–Trinajstić information content (AvgIpc) is 2.40. The Balaban J connectivity index is 2.07. The molecule has 0 fully saturated rings. The van der Waals surface area contributed by atoms with Crippen molar-refractivity contribution < 1.29 is 4.79 Å². The van der Waals surface area contributed by atoms with Crippen LogP contribution in [0.4, 0.5) is 0 Å². The number of benzene rings is 2. The molecule has 1 N–H and O–H groups in total. The van der Waals surface area contributed by atoms with Crippen LogP contribution in [0.1, 0.15) is 21.5 Å². The van der Waals surface area contributed by atoms with E-state index in [0.29, 0.717) is 15.6 Å². The summed E-state index contributed by atoms with van der Waals surface area (Å²) in [5.41, 5.74) is 4.79. The van der Waals surface area contributed by atoms with Crippen LogP contribution in [-0.2, 0) is 0 Å². The van der Waals surface area contributed by atoms with Gasteiger partial charge in [0.25, 0.3) is 5.91 Å². The molecule has 2 rings (SSSR count). The summed E-state index contributed by atoms with van der Waals surface area (Å²) in [6, 6.07) is 12.4. The van der Waals surface area contributed by atoms with E-state index in [9.17, 15) is 4.79 Å². The number of hydrogen-bond acceptors (Lipinski definition) is 2. The maximum absolute atomic E-state index is 11.9. The Morgan fingerprint density at radius 3 is 2.65 bits per heavy atom. The molecule has 0 aliphatic rings. The lowest BCUT2D eigenvalue weighted by Crippen LogP contribution is -2.18. The van der Waals surface area contributed by atoms with E-state index in [1.165, 1.54) is 6.07 Å². The van der Waals surface area contributed by atoms with Gasteiger partial charge < -0.3 is 0 Å². The smallest absolute Gasteiger partial charge is 0.267 e. The minimum absolute atomic E-state index is 0.293. The van der Waals surface area contributed by atoms with Crippen molar-refractivity contribution in [2.24, 2.45) is 5.10 Å². The molecule has 2 aromatic rings. The van der Waals surface area contributed by atoms with Crippen LogP contribution in [0, 0.1) is 6.92 Å². The summed E-state index contributed by atoms with van der Waals surface area (Å²) >= 11 is 11.7. The summed E-state index contributed by atoms with van der Waals surface area (Å²) in [5.74, 6) is -0.378. The van der Waals surface area contributed by atoms with Crippen LogP contribution >= 0.6 is 23.2 Å². The lowest BCUT2D eigenvalue weighted by molar-refractivity contribution is 0.0955. The standard InChI is InChI=1S/C15H12Cl2N2O/c1-10-4-2-3-5-11(10)9-18-19-15(20)13-7-6-12(16)8-14(13)17/h2-9H,1H3,(H,19,20). The predicted octanol–water partition coefficient (Wildman–Crippen LogP) is 4.07. The van der Waals surface area contributed by atoms with E-state index in [1.807, 2.05) is 31.2 Å². The van der Waals surface area contributed by atoms with Crippen molar-refractivity contribution in [3.63, 3.8) is 0 Å². The average molecular weight is 307 g/mol. The number of amides is 1. The highest BCUT2D eigenvalue weighted by molar-refractivity contribution is 6.36. The fraction of sp³-hybridized carbons (Fsp3) is 0.0667. The summed E-state index contributed by atoms with van der Waals surface area (Å²) in [6.45, 7) is 1.97. The highest BCUT2D eigenvalue weighted by Gasteiger charge is 2.09. The van der Waals surface area contributed by atoms with Crippen molar-refractivity contribution in [3.05, 3.63) is 69.2 Å². The maximum atomic E-state index is 11.9. The van der Waals surface area contributed by atoms with E-state index in [4.69, 9.17) is 23.2 Å². The molecule has 20 heavy (non-hydrogen) atoms. The van der Waals surface area contributed by atoms with Crippen LogP contribution in [0.2, 0.25) is 10.0 Å². The zero-order valence-electron chi connectivity index (χ0n) is 10.7. The molecule has 0 spiro atoms. The van der Waals surface area contributed by atoms with Crippen molar-refractivity contribution in [1.29, 1.82) is 0 Å². The molecule has 2 aromatic carbocycles. The molecule has 0 atom stereocenters. The molecular formula is C15H12Cl2N2O. The molecule has 0 aromatic heterocycles. The van der Waals surface area contributed by atoms with E-state index < -0.39 is 0 Å². The quantitative estimate of drug-likeness (QED) is 0.674. The van der Waals surface area contributed by atoms with Gasteiger partial charge in [0.2, 0.25) is 0 Å². The minimum atomic E-state index is -0.378. The van der Waals surface area contributed by atoms with E-state index in [1.54, 1.807) is 18.3 Å².